The third-order valence-electron chi connectivity index (χ3n) is 9.42. The van der Waals surface area contributed by atoms with Crippen molar-refractivity contribution in [2.75, 3.05) is 74.9 Å². The van der Waals surface area contributed by atoms with Crippen LogP contribution in [0.4, 0.5) is 0 Å². The van der Waals surface area contributed by atoms with Crippen LogP contribution in [-0.2, 0) is 0 Å². The van der Waals surface area contributed by atoms with E-state index in [1.54, 1.807) is 0 Å². The normalized spacial score (nSPS) is 18.9. The summed E-state index contributed by atoms with van der Waals surface area (Å²) in [5, 5.41) is 2.90. The molecule has 0 heterocycles. The first-order valence-corrected chi connectivity index (χ1v) is 27.7. The van der Waals surface area contributed by atoms with Crippen LogP contribution in [0.5, 0.6) is 0 Å². The molecular formula is C36H80P6. The van der Waals surface area contributed by atoms with Gasteiger partial charge in [0.25, 0.3) is 0 Å². The summed E-state index contributed by atoms with van der Waals surface area (Å²) in [7, 11) is 0.523. The van der Waals surface area contributed by atoms with Crippen LogP contribution < -0.4 is 0 Å². The van der Waals surface area contributed by atoms with Gasteiger partial charge in [-0.05, 0) is 106 Å². The summed E-state index contributed by atoms with van der Waals surface area (Å²) in [4.78, 5) is 0. The molecule has 0 aliphatic rings. The third kappa shape index (κ3) is 18.2. The molecule has 42 heavy (non-hydrogen) atoms. The van der Waals surface area contributed by atoms with Crippen LogP contribution in [0.1, 0.15) is 125 Å². The highest BCUT2D eigenvalue weighted by atomic mass is 31.1. The molecule has 0 bridgehead atoms. The predicted molar refractivity (Wildman–Crippen MR) is 221 cm³/mol. The molecule has 0 radical (unpaired) electrons. The Hall–Kier alpha value is 2.58. The summed E-state index contributed by atoms with van der Waals surface area (Å²) in [6.07, 6.45) is 15.0. The van der Waals surface area contributed by atoms with Gasteiger partial charge in [0.05, 0.1) is 0 Å². The second-order valence-electron chi connectivity index (χ2n) is 18.8. The van der Waals surface area contributed by atoms with Gasteiger partial charge in [0.1, 0.15) is 0 Å². The molecule has 0 aromatic heterocycles. The minimum Gasteiger partial charge on any atom is -0.104 e. The first-order chi connectivity index (χ1) is 18.5. The average molecular weight is 699 g/mol. The van der Waals surface area contributed by atoms with Gasteiger partial charge in [-0.15, -0.1) is 47.5 Å². The van der Waals surface area contributed by atoms with Gasteiger partial charge in [-0.3, -0.25) is 0 Å². The van der Waals surface area contributed by atoms with E-state index in [1.165, 1.54) is 61.6 Å². The molecule has 0 fully saturated rings. The average Bonchev–Trinajstić information content (AvgIpc) is 2.73. The van der Waals surface area contributed by atoms with Crippen molar-refractivity contribution in [3.05, 3.63) is 0 Å². The summed E-state index contributed by atoms with van der Waals surface area (Å²) in [6, 6.07) is 0. The van der Waals surface area contributed by atoms with Crippen molar-refractivity contribution in [2.24, 2.45) is 0 Å². The highest BCUT2D eigenvalue weighted by molar-refractivity contribution is 7.67. The Labute approximate surface area is 277 Å². The van der Waals surface area contributed by atoms with Gasteiger partial charge in [-0.25, -0.2) is 0 Å². The van der Waals surface area contributed by atoms with E-state index in [9.17, 15) is 0 Å². The van der Waals surface area contributed by atoms with E-state index in [0.717, 1.165) is 0 Å². The quantitative estimate of drug-likeness (QED) is 0.149. The van der Waals surface area contributed by atoms with E-state index < -0.39 is 0 Å². The van der Waals surface area contributed by atoms with Crippen molar-refractivity contribution in [1.82, 2.24) is 0 Å². The van der Waals surface area contributed by atoms with Gasteiger partial charge in [0, 0.05) is 0 Å². The lowest BCUT2D eigenvalue weighted by molar-refractivity contribution is 0.767. The van der Waals surface area contributed by atoms with E-state index >= 15 is 0 Å². The molecule has 0 N–H and O–H groups in total. The second kappa shape index (κ2) is 17.8. The molecule has 0 amide bonds. The Kier molecular flexibility index (Phi) is 18.9. The van der Waals surface area contributed by atoms with Gasteiger partial charge in [-0.2, -0.15) is 0 Å². The molecule has 0 aliphatic heterocycles. The first-order valence-electron chi connectivity index (χ1n) is 16.9. The summed E-state index contributed by atoms with van der Waals surface area (Å²) in [6.45, 7) is 50.6. The Morgan fingerprint density at radius 3 is 0.500 bits per heavy atom. The zero-order chi connectivity index (χ0) is 33.5. The maximum atomic E-state index is 2.57. The number of hydrogen-bond acceptors (Lipinski definition) is 0. The zero-order valence-corrected chi connectivity index (χ0v) is 38.1. The van der Waals surface area contributed by atoms with Crippen LogP contribution in [0, 0.1) is 0 Å². The van der Waals surface area contributed by atoms with Crippen molar-refractivity contribution in [1.29, 1.82) is 0 Å². The Balaban J connectivity index is 5.54. The maximum Gasteiger partial charge on any atom is -0.0179 e. The molecule has 0 aliphatic carbocycles. The molecule has 6 unspecified atom stereocenters. The summed E-state index contributed by atoms with van der Waals surface area (Å²) >= 11 is 0. The van der Waals surface area contributed by atoms with Crippen molar-refractivity contribution in [2.45, 2.75) is 156 Å². The van der Waals surface area contributed by atoms with Crippen LogP contribution in [0.25, 0.3) is 0 Å². The molecule has 0 nitrogen and oxygen atoms in total. The predicted octanol–water partition coefficient (Wildman–Crippen LogP) is 13.9. The highest BCUT2D eigenvalue weighted by Crippen LogP contribution is 2.61. The van der Waals surface area contributed by atoms with E-state index in [4.69, 9.17) is 0 Å². The minimum absolute atomic E-state index is 0.0588. The molecule has 0 saturated carbocycles. The van der Waals surface area contributed by atoms with Crippen molar-refractivity contribution < 1.29 is 0 Å². The van der Waals surface area contributed by atoms with Crippen LogP contribution in [0.15, 0.2) is 0 Å². The summed E-state index contributed by atoms with van der Waals surface area (Å²) in [5.41, 5.74) is 0. The van der Waals surface area contributed by atoms with Crippen molar-refractivity contribution >= 4 is 47.5 Å². The van der Waals surface area contributed by atoms with Crippen molar-refractivity contribution in [3.63, 3.8) is 0 Å². The Morgan fingerprint density at radius 1 is 0.238 bits per heavy atom. The summed E-state index contributed by atoms with van der Waals surface area (Å²) < 4.78 is 0. The van der Waals surface area contributed by atoms with Crippen LogP contribution in [0.2, 0.25) is 0 Å². The van der Waals surface area contributed by atoms with E-state index in [0.29, 0.717) is 30.9 Å². The lowest BCUT2D eigenvalue weighted by atomic mass is 10.3. The van der Waals surface area contributed by atoms with Gasteiger partial charge < -0.3 is 0 Å². The topological polar surface area (TPSA) is 0 Å². The fraction of sp³-hybridized carbons (Fsp3) is 1.00. The van der Waals surface area contributed by atoms with Gasteiger partial charge in [-0.1, -0.05) is 125 Å². The van der Waals surface area contributed by atoms with Gasteiger partial charge in [0.2, 0.25) is 0 Å². The fourth-order valence-electron chi connectivity index (χ4n) is 5.07. The smallest absolute Gasteiger partial charge is 0.0179 e. The Bertz CT molecular complexity index is 672. The molecule has 6 heteroatoms. The lowest BCUT2D eigenvalue weighted by Crippen LogP contribution is -2.25. The molecule has 0 aromatic carbocycles. The molecule has 6 atom stereocenters. The SMILES string of the molecule is CP(CCP(CCP(CCP(CCP(CCP(C)C(C)(C)C)C(C)(C)C)C(C)(C)C)C(C)(C)C)C(C)(C)C)C(C)(C)C. The monoisotopic (exact) mass is 698 g/mol. The zero-order valence-electron chi connectivity index (χ0n) is 32.8. The van der Waals surface area contributed by atoms with Gasteiger partial charge in [0.15, 0.2) is 0 Å². The fourth-order valence-corrected chi connectivity index (χ4v) is 22.8. The van der Waals surface area contributed by atoms with E-state index in [2.05, 4.69) is 138 Å². The number of rotatable bonds is 15. The minimum atomic E-state index is 0.0588. The molecule has 0 aromatic rings. The van der Waals surface area contributed by atoms with Crippen LogP contribution in [0.3, 0.4) is 0 Å². The summed E-state index contributed by atoms with van der Waals surface area (Å²) in [5.74, 6) is 0. The molecule has 0 spiro atoms. The highest BCUT2D eigenvalue weighted by Gasteiger charge is 2.33. The number of hydrogen-bond donors (Lipinski definition) is 0. The van der Waals surface area contributed by atoms with Crippen molar-refractivity contribution in [3.8, 4) is 0 Å². The standard InChI is InChI=1S/C36H80P6/c1-31(2,3)37(19)21-23-39(33(7,8)9)25-27-41(35(13,14)15)29-30-42(36(16,17)18)28-26-40(34(10,11)12)24-22-38(20)32(4,5)6/h21-30H2,1-20H3. The molecule has 0 rings (SSSR count). The van der Waals surface area contributed by atoms with Crippen LogP contribution in [-0.4, -0.2) is 106 Å². The molecule has 0 saturated heterocycles. The van der Waals surface area contributed by atoms with Crippen LogP contribution >= 0.6 is 47.5 Å². The third-order valence-corrected chi connectivity index (χ3v) is 31.2. The largest absolute Gasteiger partial charge is 0.104 e. The molecular weight excluding hydrogens is 618 g/mol. The van der Waals surface area contributed by atoms with E-state index in [1.807, 2.05) is 0 Å². The second-order valence-corrected chi connectivity index (χ2v) is 38.4. The maximum absolute atomic E-state index is 2.57. The van der Waals surface area contributed by atoms with E-state index in [-0.39, 0.29) is 47.5 Å². The van der Waals surface area contributed by atoms with Gasteiger partial charge >= 0.3 is 0 Å². The molecule has 254 valence electrons. The Morgan fingerprint density at radius 2 is 0.381 bits per heavy atom. The lowest BCUT2D eigenvalue weighted by Gasteiger charge is -2.40. The first kappa shape index (κ1) is 44.6.